The molecule has 0 amide bonds. The topological polar surface area (TPSA) is 207 Å². The molecule has 0 spiro atoms. The molecule has 0 heterocycles. The van der Waals surface area contributed by atoms with Crippen LogP contribution in [0.2, 0.25) is 0 Å². The summed E-state index contributed by atoms with van der Waals surface area (Å²) in [6.07, 6.45) is 14.6. The number of nitrogens with two attached hydrogens (primary N) is 1. The number of benzene rings is 2. The number of Topliss-reactive ketones (excluding diaryl/α,β-unsaturated/α-hetero) is 1. The number of unbranched alkanes of at least 4 members (excludes halogenated alkanes) is 6. The Morgan fingerprint density at radius 1 is 0.650 bits per heavy atom. The van der Waals surface area contributed by atoms with Gasteiger partial charge in [-0.05, 0) is 107 Å². The summed E-state index contributed by atoms with van der Waals surface area (Å²) in [4.78, 5) is 12.5. The number of ketones is 1. The molecule has 0 aliphatic heterocycles. The first-order valence-corrected chi connectivity index (χ1v) is 21.8. The molecule has 2 aromatic rings. The van der Waals surface area contributed by atoms with Crippen molar-refractivity contribution in [3.63, 3.8) is 0 Å². The Hall–Kier alpha value is -1.41. The molecule has 6 fully saturated rings. The predicted molar refractivity (Wildman–Crippen MR) is 238 cm³/mol. The zero-order valence-electron chi connectivity index (χ0n) is 38.6. The molecule has 4 bridgehead atoms. The van der Waals surface area contributed by atoms with Crippen LogP contribution in [0.15, 0.2) is 29.4 Å². The molecule has 0 saturated heterocycles. The van der Waals surface area contributed by atoms with Crippen molar-refractivity contribution >= 4 is 23.9 Å². The number of fused-ring (bicyclic) bond motifs is 4. The quantitative estimate of drug-likeness (QED) is 0.0418. The zero-order valence-corrected chi connectivity index (χ0v) is 42.6. The molecule has 6 aliphatic rings. The summed E-state index contributed by atoms with van der Waals surface area (Å²) in [5.74, 6) is 5.58. The van der Waals surface area contributed by atoms with Gasteiger partial charge in [-0.2, -0.15) is 0 Å². The molecule has 10 nitrogen and oxygen atoms in total. The molecule has 2 aromatic carbocycles. The van der Waals surface area contributed by atoms with Crippen molar-refractivity contribution in [2.75, 3.05) is 0 Å². The average molecular weight is 886 g/mol. The standard InChI is InChI=1S/C24H37NO3.C24H36O3.ClH.K.H3NO.H2O/c1-6-7-8-9-10-23(2,3)15-11-20(26)22(21(27)12-15)16-13-19(25-28)18-14-17(16)24(18,4)5;1-6-7-8-9-10-23(2,3)15-11-20(26)22(21(27)12-15)16-13-19(25)18-14-17(16)24(18,4)5;;;1-2;/h11-12,16-18,26-28H,6-10,13-14H2,1-5H3;11-12,16-18,26-27H,6-10,13-14H2,1-5H3;1H;;2H,1H2;1H2/q;;;+1;;/p-1/b25-19-;;;;;/t2*16-,17-,18+;;;;/m00..../s1. The van der Waals surface area contributed by atoms with Gasteiger partial charge in [0.2, 0.25) is 0 Å². The Bertz CT molecular complexity index is 1700. The third-order valence-electron chi connectivity index (χ3n) is 15.3. The number of halogens is 1. The molecule has 336 valence electrons. The second-order valence-corrected chi connectivity index (χ2v) is 20.4. The first-order valence-electron chi connectivity index (χ1n) is 21.8. The van der Waals surface area contributed by atoms with E-state index in [1.807, 2.05) is 24.3 Å². The van der Waals surface area contributed by atoms with Crippen LogP contribution in [0.3, 0.4) is 0 Å². The second-order valence-electron chi connectivity index (χ2n) is 20.4. The summed E-state index contributed by atoms with van der Waals surface area (Å²) < 4.78 is 0. The maximum absolute atomic E-state index is 12.5. The number of oxime groups is 1. The van der Waals surface area contributed by atoms with Crippen LogP contribution in [0.1, 0.15) is 193 Å². The molecule has 6 atom stereocenters. The van der Waals surface area contributed by atoms with Crippen LogP contribution in [-0.4, -0.2) is 47.8 Å². The van der Waals surface area contributed by atoms with E-state index >= 15 is 0 Å². The van der Waals surface area contributed by atoms with Crippen LogP contribution in [0.25, 0.3) is 0 Å². The van der Waals surface area contributed by atoms with Gasteiger partial charge in [0.25, 0.3) is 0 Å². The van der Waals surface area contributed by atoms with Gasteiger partial charge in [0.1, 0.15) is 28.8 Å². The van der Waals surface area contributed by atoms with Crippen LogP contribution < -0.4 is 57.3 Å². The number of hydrogen-bond donors (Lipinski definition) is 7. The largest absolute Gasteiger partial charge is 1.00 e. The van der Waals surface area contributed by atoms with Gasteiger partial charge in [-0.3, -0.25) is 4.79 Å². The van der Waals surface area contributed by atoms with E-state index in [9.17, 15) is 30.4 Å². The SMILES string of the molecule is CCCCCCC(C)(C)c1cc(O)c([C@H]2C/C(=N/O)[C@H]3C[C@@H]2C3(C)C)c(O)c1.CCCCCCC(C)(C)c1cc(O)c([C@H]2CC(=O)[C@H]3C[C@@H]2C3(C)C)c(O)c1.Cl.NO.[K+].[OH-]. The van der Waals surface area contributed by atoms with Crippen LogP contribution in [-0.2, 0) is 15.6 Å². The van der Waals surface area contributed by atoms with E-state index in [1.54, 1.807) is 0 Å². The van der Waals surface area contributed by atoms with E-state index in [0.29, 0.717) is 41.7 Å². The maximum Gasteiger partial charge on any atom is 1.00 e. The number of aromatic hydroxyl groups is 4. The van der Waals surface area contributed by atoms with Crippen LogP contribution >= 0.6 is 12.4 Å². The number of carbonyl (C=O) groups is 1. The van der Waals surface area contributed by atoms with Crippen LogP contribution in [0.5, 0.6) is 23.0 Å². The first-order chi connectivity index (χ1) is 26.7. The van der Waals surface area contributed by atoms with Crippen LogP contribution in [0.4, 0.5) is 0 Å². The van der Waals surface area contributed by atoms with E-state index in [4.69, 9.17) is 5.21 Å². The maximum atomic E-state index is 12.5. The molecule has 6 aliphatic carbocycles. The molecule has 9 N–H and O–H groups in total. The second kappa shape index (κ2) is 23.0. The fourth-order valence-electron chi connectivity index (χ4n) is 11.2. The number of nitrogens with zero attached hydrogens (tertiary/aromatic N) is 1. The third kappa shape index (κ3) is 11.6. The molecular weight excluding hydrogens is 807 g/mol. The van der Waals surface area contributed by atoms with Gasteiger partial charge in [-0.1, -0.05) is 126 Å². The van der Waals surface area contributed by atoms with Gasteiger partial charge in [-0.25, -0.2) is 5.90 Å². The molecule has 6 saturated carbocycles. The fraction of sp³-hybridized carbons (Fsp3) is 0.708. The Morgan fingerprint density at radius 2 is 1.00 bits per heavy atom. The fourth-order valence-corrected chi connectivity index (χ4v) is 11.2. The van der Waals surface area contributed by atoms with Crippen molar-refractivity contribution in [2.24, 2.45) is 45.6 Å². The zero-order chi connectivity index (χ0) is 42.7. The number of phenols is 4. The van der Waals surface area contributed by atoms with Crippen LogP contribution in [0, 0.1) is 34.5 Å². The van der Waals surface area contributed by atoms with Crippen molar-refractivity contribution in [2.45, 2.75) is 182 Å². The monoisotopic (exact) mass is 885 g/mol. The van der Waals surface area contributed by atoms with E-state index in [1.165, 1.54) is 38.5 Å². The molecule has 0 aromatic heterocycles. The average Bonchev–Trinajstić information content (AvgIpc) is 3.15. The normalized spacial score (nSPS) is 25.0. The molecule has 8 rings (SSSR count). The molecular formula is C48H78ClKN2O8. The molecule has 12 heteroatoms. The smallest absolute Gasteiger partial charge is 0.870 e. The Morgan fingerprint density at radius 3 is 1.32 bits per heavy atom. The summed E-state index contributed by atoms with van der Waals surface area (Å²) in [5, 5.41) is 62.9. The number of carbonyl (C=O) groups excluding carboxylic acids is 1. The van der Waals surface area contributed by atoms with Gasteiger partial charge >= 0.3 is 51.4 Å². The first kappa shape index (κ1) is 56.6. The molecule has 0 radical (unpaired) electrons. The summed E-state index contributed by atoms with van der Waals surface area (Å²) in [6, 6.07) is 7.36. The van der Waals surface area contributed by atoms with Gasteiger partial charge in [0.05, 0.1) is 5.71 Å². The Labute approximate surface area is 409 Å². The van der Waals surface area contributed by atoms with Gasteiger partial charge < -0.3 is 36.3 Å². The Kier molecular flexibility index (Phi) is 21.7. The van der Waals surface area contributed by atoms with Gasteiger partial charge in [-0.15, -0.1) is 12.4 Å². The number of rotatable bonds is 14. The Balaban J connectivity index is 0.000000550. The molecule has 0 unspecified atom stereocenters. The third-order valence-corrected chi connectivity index (χ3v) is 15.3. The predicted octanol–water partition coefficient (Wildman–Crippen LogP) is 8.97. The van der Waals surface area contributed by atoms with Crippen molar-refractivity contribution in [1.29, 1.82) is 0 Å². The van der Waals surface area contributed by atoms with Gasteiger partial charge in [0.15, 0.2) is 0 Å². The summed E-state index contributed by atoms with van der Waals surface area (Å²) >= 11 is 0. The number of hydrogen-bond acceptors (Lipinski definition) is 10. The summed E-state index contributed by atoms with van der Waals surface area (Å²) in [6.45, 7) is 21.8. The number of phenolic OH excluding ortho intramolecular Hbond substituents is 4. The van der Waals surface area contributed by atoms with E-state index < -0.39 is 0 Å². The minimum absolute atomic E-state index is 0. The van der Waals surface area contributed by atoms with Crippen molar-refractivity contribution in [3.05, 3.63) is 46.5 Å². The summed E-state index contributed by atoms with van der Waals surface area (Å²) in [7, 11) is 0. The van der Waals surface area contributed by atoms with E-state index in [2.05, 4.69) is 80.3 Å². The van der Waals surface area contributed by atoms with E-state index in [0.717, 1.165) is 55.4 Å². The van der Waals surface area contributed by atoms with Crippen molar-refractivity contribution < 1.29 is 92.5 Å². The summed E-state index contributed by atoms with van der Waals surface area (Å²) in [5.41, 5.74) is 3.80. The minimum atomic E-state index is -0.0928. The minimum Gasteiger partial charge on any atom is -0.870 e. The van der Waals surface area contributed by atoms with Gasteiger partial charge in [0, 0.05) is 35.3 Å². The van der Waals surface area contributed by atoms with Crippen molar-refractivity contribution in [1.82, 2.24) is 0 Å². The molecule has 60 heavy (non-hydrogen) atoms. The van der Waals surface area contributed by atoms with Crippen molar-refractivity contribution in [3.8, 4) is 23.0 Å². The van der Waals surface area contributed by atoms with E-state index in [-0.39, 0.29) is 137 Å².